The van der Waals surface area contributed by atoms with Crippen LogP contribution in [0.4, 0.5) is 4.39 Å². The Labute approximate surface area is 94.7 Å². The number of hydrogen-bond acceptors (Lipinski definition) is 0. The van der Waals surface area contributed by atoms with Gasteiger partial charge < -0.3 is 0 Å². The Kier molecular flexibility index (Phi) is 2.24. The zero-order chi connectivity index (χ0) is 11.0. The molecule has 1 saturated carbocycles. The third-order valence-corrected chi connectivity index (χ3v) is 3.14. The van der Waals surface area contributed by atoms with Gasteiger partial charge in [0.1, 0.15) is 5.82 Å². The zero-order valence-electron chi connectivity index (χ0n) is 8.99. The van der Waals surface area contributed by atoms with Gasteiger partial charge in [-0.2, -0.15) is 0 Å². The van der Waals surface area contributed by atoms with E-state index in [1.165, 1.54) is 30.5 Å². The van der Waals surface area contributed by atoms with Crippen LogP contribution >= 0.6 is 0 Å². The average molecular weight is 212 g/mol. The normalized spacial score (nSPS) is 15.1. The molecule has 2 aromatic rings. The number of halogens is 1. The summed E-state index contributed by atoms with van der Waals surface area (Å²) in [5, 5.41) is 0. The van der Waals surface area contributed by atoms with E-state index in [2.05, 4.69) is 24.3 Å². The van der Waals surface area contributed by atoms with E-state index in [1.54, 1.807) is 0 Å². The molecule has 0 unspecified atom stereocenters. The number of hydrogen-bond donors (Lipinski definition) is 0. The maximum Gasteiger partial charge on any atom is 0.123 e. The molecule has 1 aliphatic rings. The molecule has 0 radical (unpaired) electrons. The van der Waals surface area contributed by atoms with Gasteiger partial charge in [0.15, 0.2) is 0 Å². The topological polar surface area (TPSA) is 0 Å². The van der Waals surface area contributed by atoms with Crippen molar-refractivity contribution in [3.05, 3.63) is 59.9 Å². The summed E-state index contributed by atoms with van der Waals surface area (Å²) in [6, 6.07) is 15.3. The van der Waals surface area contributed by atoms with Crippen LogP contribution in [0.5, 0.6) is 0 Å². The second-order valence-corrected chi connectivity index (χ2v) is 4.40. The molecule has 0 aromatic heterocycles. The van der Waals surface area contributed by atoms with Gasteiger partial charge in [0.25, 0.3) is 0 Å². The summed E-state index contributed by atoms with van der Waals surface area (Å²) >= 11 is 0. The van der Waals surface area contributed by atoms with E-state index >= 15 is 0 Å². The molecule has 0 saturated heterocycles. The van der Waals surface area contributed by atoms with Gasteiger partial charge >= 0.3 is 0 Å². The van der Waals surface area contributed by atoms with E-state index in [0.717, 1.165) is 17.0 Å². The van der Waals surface area contributed by atoms with Gasteiger partial charge in [0.05, 0.1) is 0 Å². The van der Waals surface area contributed by atoms with Crippen molar-refractivity contribution in [3.8, 4) is 11.1 Å². The van der Waals surface area contributed by atoms with Gasteiger partial charge in [-0.3, -0.25) is 0 Å². The van der Waals surface area contributed by atoms with E-state index < -0.39 is 0 Å². The van der Waals surface area contributed by atoms with Crippen molar-refractivity contribution in [3.63, 3.8) is 0 Å². The van der Waals surface area contributed by atoms with Crippen molar-refractivity contribution in [2.45, 2.75) is 18.8 Å². The first-order valence-corrected chi connectivity index (χ1v) is 5.69. The molecule has 1 heteroatoms. The van der Waals surface area contributed by atoms with Gasteiger partial charge in [-0.05, 0) is 47.6 Å². The first kappa shape index (κ1) is 9.59. The lowest BCUT2D eigenvalue weighted by Crippen LogP contribution is -1.81. The summed E-state index contributed by atoms with van der Waals surface area (Å²) in [6.07, 6.45) is 2.66. The molecular weight excluding hydrogens is 199 g/mol. The van der Waals surface area contributed by atoms with Crippen LogP contribution in [0.1, 0.15) is 24.3 Å². The molecule has 16 heavy (non-hydrogen) atoms. The van der Waals surface area contributed by atoms with E-state index in [9.17, 15) is 4.39 Å². The first-order chi connectivity index (χ1) is 7.83. The number of rotatable bonds is 2. The smallest absolute Gasteiger partial charge is 0.123 e. The Morgan fingerprint density at radius 3 is 1.75 bits per heavy atom. The van der Waals surface area contributed by atoms with Crippen LogP contribution in [-0.4, -0.2) is 0 Å². The Balaban J connectivity index is 1.91. The monoisotopic (exact) mass is 212 g/mol. The van der Waals surface area contributed by atoms with Crippen LogP contribution < -0.4 is 0 Å². The SMILES string of the molecule is Fc1ccc(-c2ccc(C3CC3)cc2)cc1. The minimum Gasteiger partial charge on any atom is -0.207 e. The molecule has 0 bridgehead atoms. The highest BCUT2D eigenvalue weighted by atomic mass is 19.1. The highest BCUT2D eigenvalue weighted by Gasteiger charge is 2.22. The molecule has 0 spiro atoms. The van der Waals surface area contributed by atoms with Crippen LogP contribution in [0, 0.1) is 5.82 Å². The summed E-state index contributed by atoms with van der Waals surface area (Å²) in [7, 11) is 0. The molecule has 0 heterocycles. The molecule has 1 aliphatic carbocycles. The summed E-state index contributed by atoms with van der Waals surface area (Å²) in [6.45, 7) is 0. The van der Waals surface area contributed by atoms with Crippen LogP contribution in [0.3, 0.4) is 0 Å². The van der Waals surface area contributed by atoms with Crippen molar-refractivity contribution in [1.82, 2.24) is 0 Å². The molecule has 80 valence electrons. The van der Waals surface area contributed by atoms with E-state index in [0.29, 0.717) is 0 Å². The molecule has 1 fully saturated rings. The lowest BCUT2D eigenvalue weighted by Gasteiger charge is -2.03. The average Bonchev–Trinajstić information content (AvgIpc) is 3.14. The van der Waals surface area contributed by atoms with Crippen LogP contribution in [0.25, 0.3) is 11.1 Å². The van der Waals surface area contributed by atoms with Gasteiger partial charge in [-0.1, -0.05) is 36.4 Å². The highest BCUT2D eigenvalue weighted by molar-refractivity contribution is 5.63. The first-order valence-electron chi connectivity index (χ1n) is 5.69. The fourth-order valence-electron chi connectivity index (χ4n) is 2.01. The summed E-state index contributed by atoms with van der Waals surface area (Å²) in [5.41, 5.74) is 3.67. The number of benzene rings is 2. The van der Waals surface area contributed by atoms with Crippen molar-refractivity contribution >= 4 is 0 Å². The van der Waals surface area contributed by atoms with E-state index in [4.69, 9.17) is 0 Å². The summed E-state index contributed by atoms with van der Waals surface area (Å²) in [5.74, 6) is 0.612. The second-order valence-electron chi connectivity index (χ2n) is 4.40. The van der Waals surface area contributed by atoms with Crippen LogP contribution in [0.2, 0.25) is 0 Å². The Hall–Kier alpha value is -1.63. The maximum atomic E-state index is 12.8. The third kappa shape index (κ3) is 1.85. The molecule has 0 N–H and O–H groups in total. The van der Waals surface area contributed by atoms with Gasteiger partial charge in [0.2, 0.25) is 0 Å². The molecule has 0 amide bonds. The van der Waals surface area contributed by atoms with Gasteiger partial charge in [-0.25, -0.2) is 4.39 Å². The molecule has 2 aromatic carbocycles. The predicted octanol–water partition coefficient (Wildman–Crippen LogP) is 4.37. The van der Waals surface area contributed by atoms with Crippen molar-refractivity contribution in [2.24, 2.45) is 0 Å². The van der Waals surface area contributed by atoms with E-state index in [1.807, 2.05) is 12.1 Å². The predicted molar refractivity (Wildman–Crippen MR) is 63.8 cm³/mol. The van der Waals surface area contributed by atoms with Crippen LogP contribution in [0.15, 0.2) is 48.5 Å². The van der Waals surface area contributed by atoms with E-state index in [-0.39, 0.29) is 5.82 Å². The Bertz CT molecular complexity index is 478. The van der Waals surface area contributed by atoms with Gasteiger partial charge in [0, 0.05) is 0 Å². The Morgan fingerprint density at radius 1 is 0.750 bits per heavy atom. The van der Waals surface area contributed by atoms with Crippen molar-refractivity contribution in [1.29, 1.82) is 0 Å². The van der Waals surface area contributed by atoms with Gasteiger partial charge in [-0.15, -0.1) is 0 Å². The lowest BCUT2D eigenvalue weighted by molar-refractivity contribution is 0.628. The fourth-order valence-corrected chi connectivity index (χ4v) is 2.01. The molecular formula is C15H13F. The minimum absolute atomic E-state index is 0.182. The quantitative estimate of drug-likeness (QED) is 0.693. The largest absolute Gasteiger partial charge is 0.207 e. The standard InChI is InChI=1S/C15H13F/c16-15-9-7-14(8-10-15)13-5-3-12(4-6-13)11-1-2-11/h3-11H,1-2H2. The van der Waals surface area contributed by atoms with Crippen molar-refractivity contribution in [2.75, 3.05) is 0 Å². The second kappa shape index (κ2) is 3.75. The minimum atomic E-state index is -0.182. The zero-order valence-corrected chi connectivity index (χ0v) is 8.99. The molecule has 0 aliphatic heterocycles. The van der Waals surface area contributed by atoms with Crippen molar-refractivity contribution < 1.29 is 4.39 Å². The molecule has 0 atom stereocenters. The lowest BCUT2D eigenvalue weighted by atomic mass is 10.0. The highest BCUT2D eigenvalue weighted by Crippen LogP contribution is 2.40. The summed E-state index contributed by atoms with van der Waals surface area (Å²) < 4.78 is 12.8. The summed E-state index contributed by atoms with van der Waals surface area (Å²) in [4.78, 5) is 0. The third-order valence-electron chi connectivity index (χ3n) is 3.14. The van der Waals surface area contributed by atoms with Crippen LogP contribution in [-0.2, 0) is 0 Å². The Morgan fingerprint density at radius 2 is 1.25 bits per heavy atom. The molecule has 3 rings (SSSR count). The fraction of sp³-hybridized carbons (Fsp3) is 0.200. The molecule has 0 nitrogen and oxygen atoms in total. The maximum absolute atomic E-state index is 12.8.